The molecule has 0 bridgehead atoms. The standard InChI is InChI=1S/C19H22N6.ClH/c1-2-6-17(7-3-1)18-16-21-22-25(18)15-12-23-10-13-24(14-11-23)19-8-4-5-9-20-19;/h1-9,16H,10-15H2;1H. The second-order valence-corrected chi connectivity index (χ2v) is 6.23. The molecule has 2 aromatic heterocycles. The molecule has 0 unspecified atom stereocenters. The van der Waals surface area contributed by atoms with Crippen molar-refractivity contribution in [1.29, 1.82) is 0 Å². The molecule has 0 atom stereocenters. The molecule has 0 amide bonds. The summed E-state index contributed by atoms with van der Waals surface area (Å²) in [6.07, 6.45) is 3.70. The molecule has 4 rings (SSSR count). The van der Waals surface area contributed by atoms with Gasteiger partial charge in [0, 0.05) is 44.5 Å². The fourth-order valence-corrected chi connectivity index (χ4v) is 3.23. The maximum absolute atomic E-state index is 4.44. The van der Waals surface area contributed by atoms with Gasteiger partial charge < -0.3 is 4.90 Å². The first kappa shape index (κ1) is 18.4. The second-order valence-electron chi connectivity index (χ2n) is 6.23. The summed E-state index contributed by atoms with van der Waals surface area (Å²) in [5.74, 6) is 1.07. The summed E-state index contributed by atoms with van der Waals surface area (Å²) >= 11 is 0. The lowest BCUT2D eigenvalue weighted by molar-refractivity contribution is 0.244. The number of benzene rings is 1. The van der Waals surface area contributed by atoms with Gasteiger partial charge in [-0.1, -0.05) is 41.6 Å². The fourth-order valence-electron chi connectivity index (χ4n) is 3.23. The zero-order chi connectivity index (χ0) is 16.9. The molecule has 6 nitrogen and oxygen atoms in total. The van der Waals surface area contributed by atoms with Crippen molar-refractivity contribution < 1.29 is 0 Å². The molecule has 1 fully saturated rings. The van der Waals surface area contributed by atoms with E-state index in [1.165, 1.54) is 0 Å². The van der Waals surface area contributed by atoms with Gasteiger partial charge >= 0.3 is 0 Å². The third-order valence-electron chi connectivity index (χ3n) is 4.66. The molecule has 26 heavy (non-hydrogen) atoms. The van der Waals surface area contributed by atoms with Crippen molar-refractivity contribution >= 4 is 18.2 Å². The highest BCUT2D eigenvalue weighted by Gasteiger charge is 2.18. The number of pyridine rings is 1. The van der Waals surface area contributed by atoms with Crippen LogP contribution in [0.3, 0.4) is 0 Å². The molecule has 7 heteroatoms. The molecule has 1 aromatic carbocycles. The van der Waals surface area contributed by atoms with E-state index in [0.717, 1.165) is 56.3 Å². The molecule has 136 valence electrons. The SMILES string of the molecule is Cl.c1ccc(-c2cnnn2CCN2CCN(c3ccccn3)CC2)cc1. The zero-order valence-corrected chi connectivity index (χ0v) is 15.4. The van der Waals surface area contributed by atoms with Crippen molar-refractivity contribution in [3.63, 3.8) is 0 Å². The Kier molecular flexibility index (Phi) is 6.20. The number of hydrogen-bond donors (Lipinski definition) is 0. The molecular formula is C19H23ClN6. The quantitative estimate of drug-likeness (QED) is 0.691. The van der Waals surface area contributed by atoms with Gasteiger partial charge in [0.15, 0.2) is 0 Å². The number of aromatic nitrogens is 4. The van der Waals surface area contributed by atoms with E-state index in [4.69, 9.17) is 0 Å². The Balaban J connectivity index is 0.00000196. The van der Waals surface area contributed by atoms with Crippen LogP contribution in [0.4, 0.5) is 5.82 Å². The van der Waals surface area contributed by atoms with Crippen LogP contribution >= 0.6 is 12.4 Å². The summed E-state index contributed by atoms with van der Waals surface area (Å²) in [5, 5.41) is 8.35. The zero-order valence-electron chi connectivity index (χ0n) is 14.6. The summed E-state index contributed by atoms with van der Waals surface area (Å²) in [6.45, 7) is 5.96. The Bertz CT molecular complexity index is 784. The number of anilines is 1. The van der Waals surface area contributed by atoms with Gasteiger partial charge in [0.25, 0.3) is 0 Å². The highest BCUT2D eigenvalue weighted by Crippen LogP contribution is 2.17. The van der Waals surface area contributed by atoms with E-state index in [1.807, 2.05) is 47.4 Å². The molecule has 0 radical (unpaired) electrons. The van der Waals surface area contributed by atoms with Crippen LogP contribution in [0.25, 0.3) is 11.3 Å². The molecular weight excluding hydrogens is 348 g/mol. The lowest BCUT2D eigenvalue weighted by Gasteiger charge is -2.35. The minimum absolute atomic E-state index is 0. The van der Waals surface area contributed by atoms with Crippen molar-refractivity contribution in [3.05, 3.63) is 60.9 Å². The minimum atomic E-state index is 0. The Hall–Kier alpha value is -2.44. The van der Waals surface area contributed by atoms with Crippen LogP contribution < -0.4 is 4.90 Å². The minimum Gasteiger partial charge on any atom is -0.354 e. The van der Waals surface area contributed by atoms with Crippen LogP contribution in [0.2, 0.25) is 0 Å². The Morgan fingerprint density at radius 3 is 2.35 bits per heavy atom. The first-order chi connectivity index (χ1) is 12.4. The van der Waals surface area contributed by atoms with Crippen LogP contribution in [0.1, 0.15) is 0 Å². The van der Waals surface area contributed by atoms with E-state index < -0.39 is 0 Å². The first-order valence-corrected chi connectivity index (χ1v) is 8.72. The maximum Gasteiger partial charge on any atom is 0.128 e. The number of rotatable bonds is 5. The summed E-state index contributed by atoms with van der Waals surface area (Å²) in [6, 6.07) is 16.4. The predicted molar refractivity (Wildman–Crippen MR) is 106 cm³/mol. The highest BCUT2D eigenvalue weighted by molar-refractivity contribution is 5.85. The monoisotopic (exact) mass is 370 g/mol. The molecule has 0 saturated carbocycles. The van der Waals surface area contributed by atoms with Crippen molar-refractivity contribution in [2.24, 2.45) is 0 Å². The number of hydrogen-bond acceptors (Lipinski definition) is 5. The maximum atomic E-state index is 4.44. The van der Waals surface area contributed by atoms with E-state index in [1.54, 1.807) is 0 Å². The third kappa shape index (κ3) is 4.20. The molecule has 1 aliphatic heterocycles. The smallest absolute Gasteiger partial charge is 0.128 e. The first-order valence-electron chi connectivity index (χ1n) is 8.72. The van der Waals surface area contributed by atoms with Gasteiger partial charge in [0.05, 0.1) is 18.4 Å². The van der Waals surface area contributed by atoms with E-state index in [9.17, 15) is 0 Å². The fraction of sp³-hybridized carbons (Fsp3) is 0.316. The van der Waals surface area contributed by atoms with E-state index >= 15 is 0 Å². The van der Waals surface area contributed by atoms with Gasteiger partial charge in [-0.05, 0) is 12.1 Å². The van der Waals surface area contributed by atoms with Crippen molar-refractivity contribution in [3.8, 4) is 11.3 Å². The Morgan fingerprint density at radius 1 is 0.846 bits per heavy atom. The third-order valence-corrected chi connectivity index (χ3v) is 4.66. The molecule has 3 heterocycles. The molecule has 0 spiro atoms. The summed E-state index contributed by atoms with van der Waals surface area (Å²) in [4.78, 5) is 9.27. The summed E-state index contributed by atoms with van der Waals surface area (Å²) in [5.41, 5.74) is 2.24. The van der Waals surface area contributed by atoms with Gasteiger partial charge in [-0.25, -0.2) is 9.67 Å². The van der Waals surface area contributed by atoms with Gasteiger partial charge in [0.1, 0.15) is 5.82 Å². The van der Waals surface area contributed by atoms with Gasteiger partial charge in [-0.15, -0.1) is 17.5 Å². The molecule has 0 aliphatic carbocycles. The molecule has 1 aliphatic rings. The lowest BCUT2D eigenvalue weighted by atomic mass is 10.2. The van der Waals surface area contributed by atoms with Crippen molar-refractivity contribution in [2.45, 2.75) is 6.54 Å². The number of nitrogens with zero attached hydrogens (tertiary/aromatic N) is 6. The Labute approximate surface area is 159 Å². The van der Waals surface area contributed by atoms with Crippen LogP contribution in [0.5, 0.6) is 0 Å². The number of halogens is 1. The highest BCUT2D eigenvalue weighted by atomic mass is 35.5. The Morgan fingerprint density at radius 2 is 1.62 bits per heavy atom. The van der Waals surface area contributed by atoms with E-state index in [-0.39, 0.29) is 12.4 Å². The van der Waals surface area contributed by atoms with Crippen LogP contribution in [0.15, 0.2) is 60.9 Å². The molecule has 0 N–H and O–H groups in total. The van der Waals surface area contributed by atoms with Crippen molar-refractivity contribution in [1.82, 2.24) is 24.9 Å². The second kappa shape index (κ2) is 8.78. The van der Waals surface area contributed by atoms with Gasteiger partial charge in [0.2, 0.25) is 0 Å². The van der Waals surface area contributed by atoms with Crippen molar-refractivity contribution in [2.75, 3.05) is 37.6 Å². The molecule has 1 saturated heterocycles. The number of piperazine rings is 1. The van der Waals surface area contributed by atoms with Crippen LogP contribution in [0, 0.1) is 0 Å². The van der Waals surface area contributed by atoms with Gasteiger partial charge in [-0.3, -0.25) is 4.90 Å². The predicted octanol–water partition coefficient (Wildman–Crippen LogP) is 2.58. The summed E-state index contributed by atoms with van der Waals surface area (Å²) < 4.78 is 2.00. The summed E-state index contributed by atoms with van der Waals surface area (Å²) in [7, 11) is 0. The normalized spacial score (nSPS) is 14.8. The molecule has 3 aromatic rings. The van der Waals surface area contributed by atoms with Crippen LogP contribution in [-0.2, 0) is 6.54 Å². The van der Waals surface area contributed by atoms with Crippen LogP contribution in [-0.4, -0.2) is 57.6 Å². The lowest BCUT2D eigenvalue weighted by Crippen LogP contribution is -2.47. The van der Waals surface area contributed by atoms with E-state index in [0.29, 0.717) is 0 Å². The topological polar surface area (TPSA) is 50.1 Å². The van der Waals surface area contributed by atoms with E-state index in [2.05, 4.69) is 43.3 Å². The average molecular weight is 371 g/mol. The largest absolute Gasteiger partial charge is 0.354 e. The average Bonchev–Trinajstić information content (AvgIpc) is 3.17. The van der Waals surface area contributed by atoms with Gasteiger partial charge in [-0.2, -0.15) is 0 Å².